The molecular weight excluding hydrogens is 390 g/mol. The van der Waals surface area contributed by atoms with E-state index in [9.17, 15) is 4.79 Å². The number of nitrogens with one attached hydrogen (secondary N) is 1. The van der Waals surface area contributed by atoms with Crippen LogP contribution in [0.4, 0.5) is 5.69 Å². The number of hydrogen-bond donors (Lipinski definition) is 1. The molecule has 0 aliphatic carbocycles. The van der Waals surface area contributed by atoms with Gasteiger partial charge in [-0.05, 0) is 48.0 Å². The van der Waals surface area contributed by atoms with Crippen molar-refractivity contribution in [2.45, 2.75) is 6.54 Å². The van der Waals surface area contributed by atoms with Crippen LogP contribution in [0.3, 0.4) is 0 Å². The third kappa shape index (κ3) is 4.97. The quantitative estimate of drug-likeness (QED) is 0.513. The predicted molar refractivity (Wildman–Crippen MR) is 109 cm³/mol. The van der Waals surface area contributed by atoms with Gasteiger partial charge in [-0.15, -0.1) is 0 Å². The fourth-order valence-electron chi connectivity index (χ4n) is 2.60. The van der Waals surface area contributed by atoms with Crippen LogP contribution in [0.5, 0.6) is 11.6 Å². The van der Waals surface area contributed by atoms with Crippen LogP contribution in [0, 0.1) is 0 Å². The number of rotatable bonds is 6. The molecule has 0 radical (unpaired) electrons. The highest BCUT2D eigenvalue weighted by molar-refractivity contribution is 6.30. The molecule has 0 bridgehead atoms. The molecule has 4 rings (SSSR count). The van der Waals surface area contributed by atoms with Crippen molar-refractivity contribution < 1.29 is 9.53 Å². The zero-order chi connectivity index (χ0) is 20.1. The maximum Gasteiger partial charge on any atom is 0.255 e. The molecule has 2 aromatic carbocycles. The van der Waals surface area contributed by atoms with Crippen LogP contribution in [0.25, 0.3) is 0 Å². The summed E-state index contributed by atoms with van der Waals surface area (Å²) in [6, 6.07) is 17.7. The first-order valence-electron chi connectivity index (χ1n) is 8.78. The molecule has 4 aromatic rings. The van der Waals surface area contributed by atoms with Gasteiger partial charge >= 0.3 is 0 Å². The van der Waals surface area contributed by atoms with Crippen molar-refractivity contribution in [3.05, 3.63) is 95.7 Å². The maximum atomic E-state index is 12.4. The van der Waals surface area contributed by atoms with Gasteiger partial charge in [0.2, 0.25) is 5.88 Å². The van der Waals surface area contributed by atoms with Crippen LogP contribution in [-0.2, 0) is 6.54 Å². The van der Waals surface area contributed by atoms with Gasteiger partial charge in [-0.2, -0.15) is 5.10 Å². The highest BCUT2D eigenvalue weighted by atomic mass is 35.5. The molecule has 0 aliphatic heterocycles. The van der Waals surface area contributed by atoms with Crippen molar-refractivity contribution in [1.29, 1.82) is 0 Å². The van der Waals surface area contributed by atoms with Crippen molar-refractivity contribution in [3.8, 4) is 11.6 Å². The van der Waals surface area contributed by atoms with Crippen LogP contribution in [0.2, 0.25) is 5.02 Å². The number of nitrogens with zero attached hydrogens (tertiary/aromatic N) is 4. The zero-order valence-electron chi connectivity index (χ0n) is 15.2. The molecule has 7 nitrogen and oxygen atoms in total. The van der Waals surface area contributed by atoms with E-state index in [2.05, 4.69) is 20.4 Å². The summed E-state index contributed by atoms with van der Waals surface area (Å²) in [4.78, 5) is 20.6. The lowest BCUT2D eigenvalue weighted by molar-refractivity contribution is 0.102. The SMILES string of the molecule is O=C(Nc1ccc(Oc2ccc(Cl)cc2)nc1)c1ccc(Cn2cncn2)cc1. The minimum absolute atomic E-state index is 0.217. The normalized spacial score (nSPS) is 10.5. The first-order valence-corrected chi connectivity index (χ1v) is 9.16. The molecule has 2 heterocycles. The highest BCUT2D eigenvalue weighted by Gasteiger charge is 2.07. The topological polar surface area (TPSA) is 81.9 Å². The largest absolute Gasteiger partial charge is 0.439 e. The molecule has 29 heavy (non-hydrogen) atoms. The summed E-state index contributed by atoms with van der Waals surface area (Å²) in [7, 11) is 0. The fraction of sp³-hybridized carbons (Fsp3) is 0.0476. The molecule has 0 atom stereocenters. The number of carbonyl (C=O) groups excluding carboxylic acids is 1. The monoisotopic (exact) mass is 405 g/mol. The molecule has 0 saturated heterocycles. The second-order valence-corrected chi connectivity index (χ2v) is 6.62. The minimum Gasteiger partial charge on any atom is -0.439 e. The lowest BCUT2D eigenvalue weighted by Crippen LogP contribution is -2.12. The Morgan fingerprint density at radius 2 is 1.83 bits per heavy atom. The number of aromatic nitrogens is 4. The van der Waals surface area contributed by atoms with E-state index in [4.69, 9.17) is 16.3 Å². The predicted octanol–water partition coefficient (Wildman–Crippen LogP) is 4.42. The molecule has 1 amide bonds. The van der Waals surface area contributed by atoms with E-state index in [1.165, 1.54) is 6.33 Å². The third-order valence-corrected chi connectivity index (χ3v) is 4.31. The summed E-state index contributed by atoms with van der Waals surface area (Å²) < 4.78 is 7.36. The first kappa shape index (κ1) is 18.6. The molecule has 0 spiro atoms. The Morgan fingerprint density at radius 3 is 2.48 bits per heavy atom. The van der Waals surface area contributed by atoms with E-state index in [1.54, 1.807) is 65.7 Å². The average Bonchev–Trinajstić information content (AvgIpc) is 3.25. The van der Waals surface area contributed by atoms with E-state index < -0.39 is 0 Å². The van der Waals surface area contributed by atoms with Crippen molar-refractivity contribution in [3.63, 3.8) is 0 Å². The Hall–Kier alpha value is -3.71. The second kappa shape index (κ2) is 8.53. The second-order valence-electron chi connectivity index (χ2n) is 6.19. The summed E-state index contributed by atoms with van der Waals surface area (Å²) in [6.07, 6.45) is 4.68. The van der Waals surface area contributed by atoms with E-state index in [0.29, 0.717) is 34.4 Å². The first-order chi connectivity index (χ1) is 14.2. The fourth-order valence-corrected chi connectivity index (χ4v) is 2.73. The number of pyridine rings is 1. The molecule has 0 aliphatic rings. The highest BCUT2D eigenvalue weighted by Crippen LogP contribution is 2.22. The molecule has 1 N–H and O–H groups in total. The van der Waals surface area contributed by atoms with Gasteiger partial charge < -0.3 is 10.1 Å². The van der Waals surface area contributed by atoms with Gasteiger partial charge in [0.1, 0.15) is 18.4 Å². The van der Waals surface area contributed by atoms with Gasteiger partial charge in [0.05, 0.1) is 18.4 Å². The Morgan fingerprint density at radius 1 is 1.03 bits per heavy atom. The van der Waals surface area contributed by atoms with Gasteiger partial charge in [-0.25, -0.2) is 14.6 Å². The number of amides is 1. The Kier molecular flexibility index (Phi) is 5.49. The zero-order valence-corrected chi connectivity index (χ0v) is 16.0. The number of hydrogen-bond acceptors (Lipinski definition) is 5. The van der Waals surface area contributed by atoms with Crippen molar-refractivity contribution in [2.75, 3.05) is 5.32 Å². The Balaban J connectivity index is 1.36. The van der Waals surface area contributed by atoms with E-state index >= 15 is 0 Å². The lowest BCUT2D eigenvalue weighted by atomic mass is 10.1. The standard InChI is InChI=1S/C21H16ClN5O2/c22-17-5-8-19(9-6-17)29-20-10-7-18(11-24-20)26-21(28)16-3-1-15(2-4-16)12-27-14-23-13-25-27/h1-11,13-14H,12H2,(H,26,28). The van der Waals surface area contributed by atoms with Crippen molar-refractivity contribution in [1.82, 2.24) is 19.7 Å². The molecule has 2 aromatic heterocycles. The molecule has 8 heteroatoms. The van der Waals surface area contributed by atoms with Gasteiger partial charge in [0, 0.05) is 16.7 Å². The van der Waals surface area contributed by atoms with Crippen molar-refractivity contribution in [2.24, 2.45) is 0 Å². The summed E-state index contributed by atoms with van der Waals surface area (Å²) in [5, 5.41) is 7.52. The Bertz CT molecular complexity index is 1080. The van der Waals surface area contributed by atoms with Crippen LogP contribution in [-0.4, -0.2) is 25.7 Å². The summed E-state index contributed by atoms with van der Waals surface area (Å²) >= 11 is 5.86. The van der Waals surface area contributed by atoms with Gasteiger partial charge in [0.25, 0.3) is 5.91 Å². The van der Waals surface area contributed by atoms with Crippen LogP contribution in [0.1, 0.15) is 15.9 Å². The van der Waals surface area contributed by atoms with E-state index in [-0.39, 0.29) is 5.91 Å². The van der Waals surface area contributed by atoms with Crippen molar-refractivity contribution >= 4 is 23.2 Å². The summed E-state index contributed by atoms with van der Waals surface area (Å²) in [5.41, 5.74) is 2.15. The maximum absolute atomic E-state index is 12.4. The number of benzene rings is 2. The van der Waals surface area contributed by atoms with Gasteiger partial charge in [-0.3, -0.25) is 4.79 Å². The van der Waals surface area contributed by atoms with Gasteiger partial charge in [0.15, 0.2) is 0 Å². The molecule has 0 unspecified atom stereocenters. The van der Waals surface area contributed by atoms with Crippen LogP contribution >= 0.6 is 11.6 Å². The number of anilines is 1. The van der Waals surface area contributed by atoms with Crippen LogP contribution in [0.15, 0.2) is 79.5 Å². The Labute approximate surface area is 172 Å². The van der Waals surface area contributed by atoms with Gasteiger partial charge in [-0.1, -0.05) is 23.7 Å². The minimum atomic E-state index is -0.217. The number of carbonyl (C=O) groups is 1. The average molecular weight is 406 g/mol. The lowest BCUT2D eigenvalue weighted by Gasteiger charge is -2.08. The number of ether oxygens (including phenoxy) is 1. The molecule has 0 fully saturated rings. The molecule has 0 saturated carbocycles. The third-order valence-electron chi connectivity index (χ3n) is 4.06. The number of halogens is 1. The van der Waals surface area contributed by atoms with E-state index in [1.807, 2.05) is 12.1 Å². The smallest absolute Gasteiger partial charge is 0.255 e. The van der Waals surface area contributed by atoms with E-state index in [0.717, 1.165) is 5.56 Å². The summed E-state index contributed by atoms with van der Waals surface area (Å²) in [6.45, 7) is 0.598. The summed E-state index contributed by atoms with van der Waals surface area (Å²) in [5.74, 6) is 0.831. The molecular formula is C21H16ClN5O2. The molecule has 144 valence electrons. The van der Waals surface area contributed by atoms with Crippen LogP contribution < -0.4 is 10.1 Å².